The van der Waals surface area contributed by atoms with E-state index in [9.17, 15) is 18.0 Å². The average Bonchev–Trinajstić information content (AvgIpc) is 2.98. The summed E-state index contributed by atoms with van der Waals surface area (Å²) >= 11 is 0. The number of nitrogens with zero attached hydrogens (tertiary/aromatic N) is 1. The van der Waals surface area contributed by atoms with E-state index in [2.05, 4.69) is 20.3 Å². The van der Waals surface area contributed by atoms with Gasteiger partial charge < -0.3 is 15.5 Å². The van der Waals surface area contributed by atoms with Crippen molar-refractivity contribution in [1.82, 2.24) is 0 Å². The van der Waals surface area contributed by atoms with Crippen LogP contribution in [0.2, 0.25) is 0 Å². The number of carbonyl (C=O) groups is 2. The van der Waals surface area contributed by atoms with E-state index in [1.807, 2.05) is 24.3 Å². The summed E-state index contributed by atoms with van der Waals surface area (Å²) in [7, 11) is -3.59. The molecule has 3 rings (SSSR count). The first-order valence-electron chi connectivity index (χ1n) is 10.3. The molecule has 0 aromatic heterocycles. The molecule has 3 N–H and O–H groups in total. The highest BCUT2D eigenvalue weighted by Gasteiger charge is 2.16. The van der Waals surface area contributed by atoms with Gasteiger partial charge in [-0.1, -0.05) is 12.8 Å². The van der Waals surface area contributed by atoms with Crippen molar-refractivity contribution in [1.29, 1.82) is 0 Å². The molecule has 0 bridgehead atoms. The molecule has 166 valence electrons. The van der Waals surface area contributed by atoms with E-state index in [0.29, 0.717) is 11.4 Å². The van der Waals surface area contributed by atoms with E-state index >= 15 is 0 Å². The number of carbonyl (C=O) groups excluding carboxylic acids is 2. The summed E-state index contributed by atoms with van der Waals surface area (Å²) in [6.07, 6.45) is 5.88. The Morgan fingerprint density at radius 1 is 0.871 bits per heavy atom. The Bertz CT molecular complexity index is 1040. The highest BCUT2D eigenvalue weighted by Crippen LogP contribution is 2.25. The molecule has 1 aliphatic heterocycles. The van der Waals surface area contributed by atoms with Crippen LogP contribution in [0.4, 0.5) is 22.7 Å². The third-order valence-corrected chi connectivity index (χ3v) is 5.57. The lowest BCUT2D eigenvalue weighted by molar-refractivity contribution is -0.114. The number of sulfonamides is 1. The van der Waals surface area contributed by atoms with E-state index in [1.165, 1.54) is 50.8 Å². The van der Waals surface area contributed by atoms with Crippen molar-refractivity contribution in [3.8, 4) is 0 Å². The van der Waals surface area contributed by atoms with E-state index in [0.717, 1.165) is 25.0 Å². The Labute approximate surface area is 183 Å². The molecule has 2 amide bonds. The van der Waals surface area contributed by atoms with Gasteiger partial charge in [0.05, 0.1) is 17.5 Å². The lowest BCUT2D eigenvalue weighted by atomic mass is 10.1. The van der Waals surface area contributed by atoms with Crippen LogP contribution in [0, 0.1) is 0 Å². The minimum absolute atomic E-state index is 0.105. The summed E-state index contributed by atoms with van der Waals surface area (Å²) in [6, 6.07) is 12.0. The lowest BCUT2D eigenvalue weighted by Crippen LogP contribution is -2.23. The summed E-state index contributed by atoms with van der Waals surface area (Å²) in [6.45, 7) is 3.42. The first-order valence-corrected chi connectivity index (χ1v) is 12.2. The molecule has 0 saturated carbocycles. The molecule has 1 heterocycles. The molecule has 1 aliphatic rings. The summed E-state index contributed by atoms with van der Waals surface area (Å²) in [5.74, 6) is -0.778. The Kier molecular flexibility index (Phi) is 7.17. The Hall–Kier alpha value is -3.07. The topological polar surface area (TPSA) is 108 Å². The number of anilines is 4. The standard InChI is InChI=1S/C22H28N4O4S/c1-16(27)23-18-9-12-21(25-31(2,29)30)20(15-18)22(28)24-17-7-10-19(11-8-17)26-13-5-3-4-6-14-26/h7-12,15,25H,3-6,13-14H2,1-2H3,(H,23,27)(H,24,28). The van der Waals surface area contributed by atoms with Crippen LogP contribution < -0.4 is 20.3 Å². The van der Waals surface area contributed by atoms with Crippen LogP contribution >= 0.6 is 0 Å². The predicted octanol–water partition coefficient (Wildman–Crippen LogP) is 3.65. The van der Waals surface area contributed by atoms with Crippen LogP contribution in [0.1, 0.15) is 43.0 Å². The van der Waals surface area contributed by atoms with Gasteiger partial charge in [-0.05, 0) is 55.3 Å². The molecule has 0 unspecified atom stereocenters. The molecule has 31 heavy (non-hydrogen) atoms. The van der Waals surface area contributed by atoms with E-state index in [-0.39, 0.29) is 17.2 Å². The zero-order chi connectivity index (χ0) is 22.4. The number of hydrogen-bond acceptors (Lipinski definition) is 5. The fourth-order valence-corrected chi connectivity index (χ4v) is 4.16. The van der Waals surface area contributed by atoms with Crippen LogP contribution in [-0.2, 0) is 14.8 Å². The molecule has 0 aliphatic carbocycles. The first-order chi connectivity index (χ1) is 14.7. The van der Waals surface area contributed by atoms with Crippen molar-refractivity contribution >= 4 is 44.6 Å². The number of amides is 2. The number of hydrogen-bond donors (Lipinski definition) is 3. The van der Waals surface area contributed by atoms with Gasteiger partial charge in [0.15, 0.2) is 0 Å². The Balaban J connectivity index is 1.80. The van der Waals surface area contributed by atoms with E-state index in [1.54, 1.807) is 0 Å². The molecule has 2 aromatic carbocycles. The van der Waals surface area contributed by atoms with Crippen LogP contribution in [0.25, 0.3) is 0 Å². The van der Waals surface area contributed by atoms with Crippen molar-refractivity contribution in [2.75, 3.05) is 39.6 Å². The molecule has 8 nitrogen and oxygen atoms in total. The van der Waals surface area contributed by atoms with Gasteiger partial charge in [-0.2, -0.15) is 0 Å². The minimum atomic E-state index is -3.59. The highest BCUT2D eigenvalue weighted by atomic mass is 32.2. The van der Waals surface area contributed by atoms with E-state index < -0.39 is 15.9 Å². The predicted molar refractivity (Wildman–Crippen MR) is 124 cm³/mol. The quantitative estimate of drug-likeness (QED) is 0.630. The maximum atomic E-state index is 12.9. The Morgan fingerprint density at radius 2 is 1.48 bits per heavy atom. The monoisotopic (exact) mass is 444 g/mol. The molecular weight excluding hydrogens is 416 g/mol. The van der Waals surface area contributed by atoms with Crippen molar-refractivity contribution < 1.29 is 18.0 Å². The van der Waals surface area contributed by atoms with Gasteiger partial charge in [0.2, 0.25) is 15.9 Å². The summed E-state index contributed by atoms with van der Waals surface area (Å²) in [5, 5.41) is 5.40. The van der Waals surface area contributed by atoms with Gasteiger partial charge >= 0.3 is 0 Å². The third kappa shape index (κ3) is 6.71. The average molecular weight is 445 g/mol. The van der Waals surface area contributed by atoms with Crippen molar-refractivity contribution in [3.05, 3.63) is 48.0 Å². The van der Waals surface area contributed by atoms with Crippen molar-refractivity contribution in [2.45, 2.75) is 32.6 Å². The maximum absolute atomic E-state index is 12.9. The fourth-order valence-electron chi connectivity index (χ4n) is 3.58. The minimum Gasteiger partial charge on any atom is -0.372 e. The van der Waals surface area contributed by atoms with Gasteiger partial charge in [-0.3, -0.25) is 14.3 Å². The molecule has 1 fully saturated rings. The lowest BCUT2D eigenvalue weighted by Gasteiger charge is -2.22. The van der Waals surface area contributed by atoms with Gasteiger partial charge in [0.25, 0.3) is 5.91 Å². The van der Waals surface area contributed by atoms with Crippen molar-refractivity contribution in [2.24, 2.45) is 0 Å². The molecule has 0 radical (unpaired) electrons. The second-order valence-corrected chi connectivity index (χ2v) is 9.47. The van der Waals surface area contributed by atoms with Gasteiger partial charge in [0.1, 0.15) is 0 Å². The van der Waals surface area contributed by atoms with Crippen LogP contribution in [0.3, 0.4) is 0 Å². The van der Waals surface area contributed by atoms with Crippen LogP contribution in [0.5, 0.6) is 0 Å². The molecular formula is C22H28N4O4S. The fraction of sp³-hybridized carbons (Fsp3) is 0.364. The highest BCUT2D eigenvalue weighted by molar-refractivity contribution is 7.92. The Morgan fingerprint density at radius 3 is 2.06 bits per heavy atom. The molecule has 0 atom stereocenters. The number of rotatable bonds is 6. The first kappa shape index (κ1) is 22.6. The summed E-state index contributed by atoms with van der Waals surface area (Å²) < 4.78 is 25.7. The zero-order valence-corrected chi connectivity index (χ0v) is 18.6. The second-order valence-electron chi connectivity index (χ2n) is 7.72. The second kappa shape index (κ2) is 9.82. The smallest absolute Gasteiger partial charge is 0.257 e. The molecule has 0 spiro atoms. The number of nitrogens with one attached hydrogen (secondary N) is 3. The van der Waals surface area contributed by atoms with Crippen LogP contribution in [0.15, 0.2) is 42.5 Å². The summed E-state index contributed by atoms with van der Waals surface area (Å²) in [4.78, 5) is 26.6. The maximum Gasteiger partial charge on any atom is 0.257 e. The molecule has 2 aromatic rings. The van der Waals surface area contributed by atoms with Gasteiger partial charge in [-0.15, -0.1) is 0 Å². The summed E-state index contributed by atoms with van der Waals surface area (Å²) in [5.41, 5.74) is 2.35. The van der Waals surface area contributed by atoms with E-state index in [4.69, 9.17) is 0 Å². The third-order valence-electron chi connectivity index (χ3n) is 4.98. The van der Waals surface area contributed by atoms with Crippen molar-refractivity contribution in [3.63, 3.8) is 0 Å². The SMILES string of the molecule is CC(=O)Nc1ccc(NS(C)(=O)=O)c(C(=O)Nc2ccc(N3CCCCCC3)cc2)c1. The number of benzene rings is 2. The molecule has 9 heteroatoms. The zero-order valence-electron chi connectivity index (χ0n) is 17.8. The van der Waals surface area contributed by atoms with Gasteiger partial charge in [-0.25, -0.2) is 8.42 Å². The molecule has 1 saturated heterocycles. The van der Waals surface area contributed by atoms with Gasteiger partial charge in [0, 0.05) is 37.1 Å². The normalized spacial score (nSPS) is 14.5. The van der Waals surface area contributed by atoms with Crippen LogP contribution in [-0.4, -0.2) is 39.6 Å². The largest absolute Gasteiger partial charge is 0.372 e.